The van der Waals surface area contributed by atoms with Crippen molar-refractivity contribution in [2.24, 2.45) is 0 Å². The van der Waals surface area contributed by atoms with Crippen LogP contribution in [0.3, 0.4) is 0 Å². The molecule has 1 aliphatic rings. The zero-order valence-electron chi connectivity index (χ0n) is 17.4. The molecule has 6 nitrogen and oxygen atoms in total. The molecule has 0 spiro atoms. The fourth-order valence-corrected chi connectivity index (χ4v) is 4.00. The van der Waals surface area contributed by atoms with E-state index in [2.05, 4.69) is 10.3 Å². The summed E-state index contributed by atoms with van der Waals surface area (Å²) in [5.41, 5.74) is 1.76. The second-order valence-electron chi connectivity index (χ2n) is 7.60. The normalized spacial score (nSPS) is 12.4. The predicted molar refractivity (Wildman–Crippen MR) is 138 cm³/mol. The summed E-state index contributed by atoms with van der Waals surface area (Å²) in [5, 5.41) is 12.0. The molecule has 0 unspecified atom stereocenters. The van der Waals surface area contributed by atoms with Gasteiger partial charge in [0.05, 0.1) is 10.0 Å². The maximum absolute atomic E-state index is 13.0. The smallest absolute Gasteiger partial charge is 0.257 e. The van der Waals surface area contributed by atoms with E-state index in [-0.39, 0.29) is 30.2 Å². The lowest BCUT2D eigenvalue weighted by molar-refractivity contribution is 0.0992. The van der Waals surface area contributed by atoms with Gasteiger partial charge < -0.3 is 10.2 Å². The van der Waals surface area contributed by atoms with E-state index in [9.17, 15) is 9.59 Å². The Kier molecular flexibility index (Phi) is 8.31. The van der Waals surface area contributed by atoms with E-state index in [1.54, 1.807) is 42.5 Å². The zero-order chi connectivity index (χ0) is 23.5. The van der Waals surface area contributed by atoms with Gasteiger partial charge in [0.1, 0.15) is 11.7 Å². The number of ketones is 1. The SMILES string of the molecule is C.N=C(c1ccc(C(=O)Cc2ccc(Cl)cc2C(=O)Nc2ccc(Cl)cn2)c(Cl)c1)N1CCC1. The number of nitrogens with zero attached hydrogens (tertiary/aromatic N) is 2. The topological polar surface area (TPSA) is 86.1 Å². The Balaban J connectivity index is 0.00000324. The van der Waals surface area contributed by atoms with Crippen molar-refractivity contribution in [2.45, 2.75) is 20.3 Å². The molecule has 9 heteroatoms. The fourth-order valence-electron chi connectivity index (χ4n) is 3.43. The molecule has 1 amide bonds. The molecule has 0 aliphatic carbocycles. The van der Waals surface area contributed by atoms with Crippen LogP contribution in [-0.4, -0.2) is 40.5 Å². The number of hydrogen-bond acceptors (Lipinski definition) is 4. The molecule has 2 N–H and O–H groups in total. The molecular weight excluding hydrogens is 495 g/mol. The van der Waals surface area contributed by atoms with Crippen molar-refractivity contribution in [3.05, 3.63) is 92.0 Å². The summed E-state index contributed by atoms with van der Waals surface area (Å²) < 4.78 is 0. The first-order valence-electron chi connectivity index (χ1n) is 10.2. The van der Waals surface area contributed by atoms with Gasteiger partial charge in [0, 0.05) is 47.4 Å². The van der Waals surface area contributed by atoms with Crippen LogP contribution in [0, 0.1) is 5.41 Å². The van der Waals surface area contributed by atoms with Gasteiger partial charge in [-0.25, -0.2) is 4.98 Å². The van der Waals surface area contributed by atoms with Crippen molar-refractivity contribution in [3.8, 4) is 0 Å². The highest BCUT2D eigenvalue weighted by Gasteiger charge is 2.21. The van der Waals surface area contributed by atoms with Gasteiger partial charge in [0.2, 0.25) is 0 Å². The van der Waals surface area contributed by atoms with Gasteiger partial charge in [-0.2, -0.15) is 0 Å². The summed E-state index contributed by atoms with van der Waals surface area (Å²) in [7, 11) is 0. The first-order chi connectivity index (χ1) is 15.8. The number of hydrogen-bond donors (Lipinski definition) is 2. The molecule has 0 atom stereocenters. The standard InChI is InChI=1S/C24H19Cl3N4O2.CH4/c25-16-4-2-14(19(12-16)24(33)30-22-7-5-17(26)13-29-22)11-21(32)18-6-3-15(10-20(18)27)23(28)31-8-1-9-31;/h2-7,10,12-13,28H,1,8-9,11H2,(H,29,30,33);1H4. The van der Waals surface area contributed by atoms with Crippen molar-refractivity contribution in [1.82, 2.24) is 9.88 Å². The number of amides is 1. The molecule has 176 valence electrons. The number of Topliss-reactive ketones (excluding diaryl/α,β-unsaturated/α-hetero) is 1. The largest absolute Gasteiger partial charge is 0.356 e. The first-order valence-corrected chi connectivity index (χ1v) is 11.3. The Bertz CT molecular complexity index is 1240. The fraction of sp³-hybridized carbons (Fsp3) is 0.200. The molecule has 1 aliphatic heterocycles. The van der Waals surface area contributed by atoms with E-state index < -0.39 is 5.91 Å². The number of anilines is 1. The zero-order valence-corrected chi connectivity index (χ0v) is 19.6. The van der Waals surface area contributed by atoms with Crippen LogP contribution < -0.4 is 5.32 Å². The van der Waals surface area contributed by atoms with E-state index in [4.69, 9.17) is 40.2 Å². The molecule has 2 aromatic carbocycles. The lowest BCUT2D eigenvalue weighted by atomic mass is 9.97. The van der Waals surface area contributed by atoms with E-state index in [0.717, 1.165) is 19.5 Å². The number of amidine groups is 1. The van der Waals surface area contributed by atoms with Gasteiger partial charge in [-0.1, -0.05) is 54.4 Å². The second kappa shape index (κ2) is 11.0. The summed E-state index contributed by atoms with van der Waals surface area (Å²) in [6.45, 7) is 1.70. The van der Waals surface area contributed by atoms with Crippen molar-refractivity contribution >= 4 is 58.1 Å². The van der Waals surface area contributed by atoms with Crippen molar-refractivity contribution in [3.63, 3.8) is 0 Å². The number of aromatic nitrogens is 1. The van der Waals surface area contributed by atoms with Crippen LogP contribution in [0.4, 0.5) is 5.82 Å². The number of rotatable bonds is 6. The Hall–Kier alpha value is -2.93. The van der Waals surface area contributed by atoms with E-state index >= 15 is 0 Å². The van der Waals surface area contributed by atoms with Crippen molar-refractivity contribution in [2.75, 3.05) is 18.4 Å². The van der Waals surface area contributed by atoms with Gasteiger partial charge in [-0.3, -0.25) is 15.0 Å². The van der Waals surface area contributed by atoms with Crippen LogP contribution in [0.25, 0.3) is 0 Å². The Morgan fingerprint density at radius 1 is 0.971 bits per heavy atom. The first kappa shape index (κ1) is 25.7. The molecule has 2 heterocycles. The summed E-state index contributed by atoms with van der Waals surface area (Å²) in [6, 6.07) is 13.0. The van der Waals surface area contributed by atoms with Gasteiger partial charge in [-0.15, -0.1) is 0 Å². The number of nitrogens with one attached hydrogen (secondary N) is 2. The summed E-state index contributed by atoms with van der Waals surface area (Å²) in [5.74, 6) is 0.0298. The monoisotopic (exact) mass is 516 g/mol. The molecule has 34 heavy (non-hydrogen) atoms. The summed E-state index contributed by atoms with van der Waals surface area (Å²) in [6.07, 6.45) is 2.45. The third kappa shape index (κ3) is 5.76. The van der Waals surface area contributed by atoms with Gasteiger partial charge in [0.15, 0.2) is 5.78 Å². The van der Waals surface area contributed by atoms with Crippen LogP contribution in [0.2, 0.25) is 15.1 Å². The average molecular weight is 518 g/mol. The Morgan fingerprint density at radius 3 is 2.32 bits per heavy atom. The van der Waals surface area contributed by atoms with Crippen LogP contribution in [0.5, 0.6) is 0 Å². The highest BCUT2D eigenvalue weighted by atomic mass is 35.5. The van der Waals surface area contributed by atoms with E-state index in [1.165, 1.54) is 12.3 Å². The maximum atomic E-state index is 13.0. The Morgan fingerprint density at radius 2 is 1.71 bits per heavy atom. The van der Waals surface area contributed by atoms with Crippen LogP contribution in [0.1, 0.15) is 45.7 Å². The van der Waals surface area contributed by atoms with Gasteiger partial charge >= 0.3 is 0 Å². The Labute approximate surface area is 213 Å². The lowest BCUT2D eigenvalue weighted by Gasteiger charge is -2.33. The second-order valence-corrected chi connectivity index (χ2v) is 8.88. The van der Waals surface area contributed by atoms with Crippen molar-refractivity contribution < 1.29 is 9.59 Å². The van der Waals surface area contributed by atoms with Crippen LogP contribution in [0.15, 0.2) is 54.7 Å². The molecule has 1 saturated heterocycles. The molecule has 0 saturated carbocycles. The minimum absolute atomic E-state index is 0. The molecular formula is C25H23Cl3N4O2. The molecule has 0 bridgehead atoms. The van der Waals surface area contributed by atoms with Gasteiger partial charge in [-0.05, 0) is 48.4 Å². The number of halogens is 3. The number of benzene rings is 2. The molecule has 1 aromatic heterocycles. The highest BCUT2D eigenvalue weighted by Crippen LogP contribution is 2.24. The third-order valence-electron chi connectivity index (χ3n) is 5.35. The van der Waals surface area contributed by atoms with Crippen LogP contribution >= 0.6 is 34.8 Å². The summed E-state index contributed by atoms with van der Waals surface area (Å²) in [4.78, 5) is 31.9. The third-order valence-corrected chi connectivity index (χ3v) is 6.12. The van der Waals surface area contributed by atoms with Crippen LogP contribution in [-0.2, 0) is 6.42 Å². The van der Waals surface area contributed by atoms with E-state index in [0.29, 0.717) is 38.4 Å². The predicted octanol–water partition coefficient (Wildman–Crippen LogP) is 6.39. The number of pyridine rings is 1. The molecule has 3 aromatic rings. The highest BCUT2D eigenvalue weighted by molar-refractivity contribution is 6.34. The van der Waals surface area contributed by atoms with Crippen molar-refractivity contribution in [1.29, 1.82) is 5.41 Å². The molecule has 0 radical (unpaired) electrons. The average Bonchev–Trinajstić information content (AvgIpc) is 2.75. The number of carbonyl (C=O) groups is 2. The number of likely N-dealkylation sites (tertiary alicyclic amines) is 1. The van der Waals surface area contributed by atoms with E-state index in [1.807, 2.05) is 4.90 Å². The summed E-state index contributed by atoms with van der Waals surface area (Å²) >= 11 is 18.3. The lowest BCUT2D eigenvalue weighted by Crippen LogP contribution is -2.42. The maximum Gasteiger partial charge on any atom is 0.257 e. The molecule has 1 fully saturated rings. The quantitative estimate of drug-likeness (QED) is 0.225. The van der Waals surface area contributed by atoms with Gasteiger partial charge in [0.25, 0.3) is 5.91 Å². The number of carbonyl (C=O) groups excluding carboxylic acids is 2. The minimum atomic E-state index is -0.445. The molecule has 4 rings (SSSR count). The minimum Gasteiger partial charge on any atom is -0.356 e.